The van der Waals surface area contributed by atoms with Crippen LogP contribution in [0.25, 0.3) is 0 Å². The monoisotopic (exact) mass is 264 g/mol. The van der Waals surface area contributed by atoms with Gasteiger partial charge in [-0.25, -0.2) is 0 Å². The number of carbonyl (C=O) groups excluding carboxylic acids is 1. The van der Waals surface area contributed by atoms with Crippen molar-refractivity contribution in [2.45, 2.75) is 32.2 Å². The fraction of sp³-hybridized carbons (Fsp3) is 0.500. The van der Waals surface area contributed by atoms with Crippen LogP contribution >= 0.6 is 0 Å². The molecule has 1 saturated heterocycles. The summed E-state index contributed by atoms with van der Waals surface area (Å²) in [5.74, 6) is -0.165. The van der Waals surface area contributed by atoms with E-state index in [0.29, 0.717) is 5.69 Å². The first-order valence-corrected chi connectivity index (χ1v) is 6.60. The van der Waals surface area contributed by atoms with Gasteiger partial charge in [0.05, 0.1) is 18.3 Å². The van der Waals surface area contributed by atoms with Crippen molar-refractivity contribution in [2.24, 2.45) is 0 Å². The highest BCUT2D eigenvalue weighted by molar-refractivity contribution is 5.91. The Kier molecular flexibility index (Phi) is 4.27. The first-order chi connectivity index (χ1) is 9.11. The number of amides is 1. The highest BCUT2D eigenvalue weighted by atomic mass is 16.3. The van der Waals surface area contributed by atoms with E-state index >= 15 is 0 Å². The van der Waals surface area contributed by atoms with Gasteiger partial charge in [-0.15, -0.1) is 0 Å². The molecule has 0 radical (unpaired) electrons. The molecule has 1 aromatic rings. The minimum atomic E-state index is -0.218. The molecule has 1 unspecified atom stereocenters. The standard InChI is InChI=1S/C14H20N2O3/c1-10(18)15-13-8-11(5-6-14(13)19)16-7-3-2-4-12(16)9-17/h5-6,8,12,17,19H,2-4,7,9H2,1H3,(H,15,18). The molecule has 1 fully saturated rings. The number of aromatic hydroxyl groups is 1. The number of aliphatic hydroxyl groups is 1. The quantitative estimate of drug-likeness (QED) is 0.727. The zero-order chi connectivity index (χ0) is 13.8. The van der Waals surface area contributed by atoms with Crippen LogP contribution in [0.3, 0.4) is 0 Å². The SMILES string of the molecule is CC(=O)Nc1cc(N2CCCCC2CO)ccc1O. The lowest BCUT2D eigenvalue weighted by molar-refractivity contribution is -0.114. The van der Waals surface area contributed by atoms with Crippen molar-refractivity contribution in [3.05, 3.63) is 18.2 Å². The maximum absolute atomic E-state index is 11.1. The molecule has 5 heteroatoms. The Hall–Kier alpha value is -1.75. The third-order valence-electron chi connectivity index (χ3n) is 3.46. The van der Waals surface area contributed by atoms with Crippen LogP contribution in [0.2, 0.25) is 0 Å². The number of phenolic OH excluding ortho intramolecular Hbond substituents is 1. The summed E-state index contributed by atoms with van der Waals surface area (Å²) in [6.45, 7) is 2.41. The molecule has 0 aliphatic carbocycles. The minimum absolute atomic E-state index is 0.0523. The molecule has 0 spiro atoms. The van der Waals surface area contributed by atoms with Crippen LogP contribution in [0, 0.1) is 0 Å². The molecule has 5 nitrogen and oxygen atoms in total. The van der Waals surface area contributed by atoms with Crippen molar-refractivity contribution < 1.29 is 15.0 Å². The van der Waals surface area contributed by atoms with Gasteiger partial charge in [0, 0.05) is 19.2 Å². The van der Waals surface area contributed by atoms with Crippen molar-refractivity contribution in [1.82, 2.24) is 0 Å². The Bertz CT molecular complexity index is 462. The highest BCUT2D eigenvalue weighted by Gasteiger charge is 2.22. The number of nitrogens with one attached hydrogen (secondary N) is 1. The lowest BCUT2D eigenvalue weighted by atomic mass is 10.0. The Balaban J connectivity index is 2.26. The molecule has 1 aromatic carbocycles. The predicted molar refractivity (Wildman–Crippen MR) is 74.5 cm³/mol. The summed E-state index contributed by atoms with van der Waals surface area (Å²) in [6.07, 6.45) is 3.18. The van der Waals surface area contributed by atoms with E-state index in [9.17, 15) is 15.0 Å². The number of aliphatic hydroxyl groups excluding tert-OH is 1. The average molecular weight is 264 g/mol. The fourth-order valence-corrected chi connectivity index (χ4v) is 2.52. The van der Waals surface area contributed by atoms with E-state index in [2.05, 4.69) is 10.2 Å². The summed E-state index contributed by atoms with van der Waals surface area (Å²) in [5.41, 5.74) is 1.33. The molecule has 1 amide bonds. The zero-order valence-electron chi connectivity index (χ0n) is 11.1. The van der Waals surface area contributed by atoms with Crippen LogP contribution in [0.1, 0.15) is 26.2 Å². The normalized spacial score (nSPS) is 19.3. The number of hydrogen-bond acceptors (Lipinski definition) is 4. The van der Waals surface area contributed by atoms with Gasteiger partial charge >= 0.3 is 0 Å². The van der Waals surface area contributed by atoms with Gasteiger partial charge in [0.2, 0.25) is 5.91 Å². The largest absolute Gasteiger partial charge is 0.506 e. The lowest BCUT2D eigenvalue weighted by Gasteiger charge is -2.36. The topological polar surface area (TPSA) is 72.8 Å². The Morgan fingerprint density at radius 1 is 1.47 bits per heavy atom. The van der Waals surface area contributed by atoms with Gasteiger partial charge in [0.25, 0.3) is 0 Å². The number of rotatable bonds is 3. The molecule has 2 rings (SSSR count). The second-order valence-corrected chi connectivity index (χ2v) is 4.91. The molecular weight excluding hydrogens is 244 g/mol. The average Bonchev–Trinajstić information content (AvgIpc) is 2.41. The molecule has 1 atom stereocenters. The summed E-state index contributed by atoms with van der Waals surface area (Å²) in [7, 11) is 0. The van der Waals surface area contributed by atoms with E-state index in [-0.39, 0.29) is 24.3 Å². The Morgan fingerprint density at radius 2 is 2.26 bits per heavy atom. The lowest BCUT2D eigenvalue weighted by Crippen LogP contribution is -2.41. The molecule has 1 aliphatic rings. The number of carbonyl (C=O) groups is 1. The minimum Gasteiger partial charge on any atom is -0.506 e. The van der Waals surface area contributed by atoms with Crippen LogP contribution < -0.4 is 10.2 Å². The van der Waals surface area contributed by atoms with E-state index in [1.807, 2.05) is 6.07 Å². The van der Waals surface area contributed by atoms with Crippen LogP contribution in [-0.2, 0) is 4.79 Å². The van der Waals surface area contributed by atoms with Crippen molar-refractivity contribution in [1.29, 1.82) is 0 Å². The van der Waals surface area contributed by atoms with E-state index in [0.717, 1.165) is 31.5 Å². The molecule has 104 valence electrons. The second-order valence-electron chi connectivity index (χ2n) is 4.91. The first-order valence-electron chi connectivity index (χ1n) is 6.60. The van der Waals surface area contributed by atoms with E-state index in [4.69, 9.17) is 0 Å². The van der Waals surface area contributed by atoms with Crippen molar-refractivity contribution in [2.75, 3.05) is 23.4 Å². The molecule has 0 bridgehead atoms. The third kappa shape index (κ3) is 3.17. The summed E-state index contributed by atoms with van der Waals surface area (Å²) >= 11 is 0. The smallest absolute Gasteiger partial charge is 0.221 e. The second kappa shape index (κ2) is 5.93. The number of nitrogens with zero attached hydrogens (tertiary/aromatic N) is 1. The van der Waals surface area contributed by atoms with Gasteiger partial charge in [-0.05, 0) is 37.5 Å². The fourth-order valence-electron chi connectivity index (χ4n) is 2.52. The highest BCUT2D eigenvalue weighted by Crippen LogP contribution is 2.31. The number of hydrogen-bond donors (Lipinski definition) is 3. The van der Waals surface area contributed by atoms with Crippen LogP contribution in [0.5, 0.6) is 5.75 Å². The van der Waals surface area contributed by atoms with Crippen LogP contribution in [-0.4, -0.2) is 35.3 Å². The number of benzene rings is 1. The molecule has 0 aromatic heterocycles. The molecular formula is C14H20N2O3. The van der Waals surface area contributed by atoms with Gasteiger partial charge in [0.1, 0.15) is 5.75 Å². The maximum Gasteiger partial charge on any atom is 0.221 e. The van der Waals surface area contributed by atoms with Crippen LogP contribution in [0.15, 0.2) is 18.2 Å². The summed E-state index contributed by atoms with van der Waals surface area (Å²) < 4.78 is 0. The Labute approximate surface area is 112 Å². The first kappa shape index (κ1) is 13.7. The Morgan fingerprint density at radius 3 is 2.95 bits per heavy atom. The zero-order valence-corrected chi connectivity index (χ0v) is 11.1. The van der Waals surface area contributed by atoms with Gasteiger partial charge in [-0.2, -0.15) is 0 Å². The third-order valence-corrected chi connectivity index (χ3v) is 3.46. The van der Waals surface area contributed by atoms with Crippen molar-refractivity contribution >= 4 is 17.3 Å². The summed E-state index contributed by atoms with van der Waals surface area (Å²) in [5, 5.41) is 21.8. The van der Waals surface area contributed by atoms with Gasteiger partial charge in [-0.1, -0.05) is 0 Å². The molecule has 3 N–H and O–H groups in total. The van der Waals surface area contributed by atoms with Crippen LogP contribution in [0.4, 0.5) is 11.4 Å². The molecule has 0 saturated carbocycles. The van der Waals surface area contributed by atoms with Gasteiger partial charge in [-0.3, -0.25) is 4.79 Å². The molecule has 19 heavy (non-hydrogen) atoms. The van der Waals surface area contributed by atoms with E-state index in [1.54, 1.807) is 12.1 Å². The van der Waals surface area contributed by atoms with Crippen molar-refractivity contribution in [3.8, 4) is 5.75 Å². The number of piperidine rings is 1. The summed E-state index contributed by atoms with van der Waals surface area (Å²) in [4.78, 5) is 13.2. The number of phenols is 1. The van der Waals surface area contributed by atoms with E-state index in [1.165, 1.54) is 6.92 Å². The predicted octanol–water partition coefficient (Wildman–Crippen LogP) is 1.70. The van der Waals surface area contributed by atoms with Gasteiger partial charge in [0.15, 0.2) is 0 Å². The number of anilines is 2. The van der Waals surface area contributed by atoms with Gasteiger partial charge < -0.3 is 20.4 Å². The van der Waals surface area contributed by atoms with Crippen molar-refractivity contribution in [3.63, 3.8) is 0 Å². The molecule has 1 heterocycles. The molecule has 1 aliphatic heterocycles. The maximum atomic E-state index is 11.1. The summed E-state index contributed by atoms with van der Waals surface area (Å²) in [6, 6.07) is 5.26. The van der Waals surface area contributed by atoms with E-state index < -0.39 is 0 Å².